The summed E-state index contributed by atoms with van der Waals surface area (Å²) in [4.78, 5) is 9.50. The van der Waals surface area contributed by atoms with Gasteiger partial charge in [0.05, 0.1) is 6.21 Å². The molecule has 5 nitrogen and oxygen atoms in total. The van der Waals surface area contributed by atoms with Crippen LogP contribution in [0.15, 0.2) is 5.10 Å². The highest BCUT2D eigenvalue weighted by Crippen LogP contribution is 1.88. The van der Waals surface area contributed by atoms with Crippen LogP contribution in [0.2, 0.25) is 0 Å². The van der Waals surface area contributed by atoms with Gasteiger partial charge in [-0.3, -0.25) is 10.1 Å². The van der Waals surface area contributed by atoms with Gasteiger partial charge in [0.1, 0.15) is 6.54 Å². The fourth-order valence-electron chi connectivity index (χ4n) is 0.467. The fraction of sp³-hybridized carbons (Fsp3) is 0.667. The molecule has 0 radical (unpaired) electrons. The zero-order valence-electron chi connectivity index (χ0n) is 4.07. The molecule has 0 spiro atoms. The third-order valence-electron chi connectivity index (χ3n) is 0.909. The summed E-state index contributed by atoms with van der Waals surface area (Å²) in [7, 11) is 0. The number of rotatable bonds is 1. The molecule has 0 fully saturated rings. The van der Waals surface area contributed by atoms with Crippen molar-refractivity contribution in [2.45, 2.75) is 6.04 Å². The van der Waals surface area contributed by atoms with Crippen molar-refractivity contribution in [2.75, 3.05) is 6.54 Å². The Morgan fingerprint density at radius 2 is 2.75 bits per heavy atom. The van der Waals surface area contributed by atoms with E-state index in [9.17, 15) is 10.1 Å². The van der Waals surface area contributed by atoms with Crippen molar-refractivity contribution in [3.63, 3.8) is 0 Å². The highest BCUT2D eigenvalue weighted by atomic mass is 16.6. The summed E-state index contributed by atoms with van der Waals surface area (Å²) in [6, 6.07) is -0.616. The lowest BCUT2D eigenvalue weighted by Crippen LogP contribution is -2.24. The van der Waals surface area contributed by atoms with Gasteiger partial charge in [-0.1, -0.05) is 0 Å². The topological polar surface area (TPSA) is 67.5 Å². The molecule has 1 rings (SSSR count). The van der Waals surface area contributed by atoms with Gasteiger partial charge in [0, 0.05) is 4.92 Å². The summed E-state index contributed by atoms with van der Waals surface area (Å²) >= 11 is 0. The van der Waals surface area contributed by atoms with E-state index in [1.165, 1.54) is 6.21 Å². The first-order valence-corrected chi connectivity index (χ1v) is 2.20. The molecule has 1 atom stereocenters. The zero-order valence-corrected chi connectivity index (χ0v) is 4.07. The second kappa shape index (κ2) is 1.77. The van der Waals surface area contributed by atoms with E-state index >= 15 is 0 Å². The number of hydrogen-bond acceptors (Lipinski definition) is 4. The Hall–Kier alpha value is -1.13. The quantitative estimate of drug-likeness (QED) is 0.360. The van der Waals surface area contributed by atoms with Crippen molar-refractivity contribution >= 4 is 6.21 Å². The van der Waals surface area contributed by atoms with Gasteiger partial charge >= 0.3 is 0 Å². The third kappa shape index (κ3) is 0.749. The van der Waals surface area contributed by atoms with Crippen LogP contribution < -0.4 is 5.43 Å². The van der Waals surface area contributed by atoms with Crippen LogP contribution in [0, 0.1) is 10.1 Å². The van der Waals surface area contributed by atoms with Gasteiger partial charge in [-0.2, -0.15) is 5.10 Å². The standard InChI is InChI=1S/C3H5N3O2/c7-6(8)3-1-4-5-2-3/h1,3,5H,2H2. The fourth-order valence-corrected chi connectivity index (χ4v) is 0.467. The molecular formula is C3H5N3O2. The lowest BCUT2D eigenvalue weighted by Gasteiger charge is -1.92. The van der Waals surface area contributed by atoms with Crippen LogP contribution >= 0.6 is 0 Å². The molecule has 1 aliphatic heterocycles. The molecular weight excluding hydrogens is 110 g/mol. The molecule has 8 heavy (non-hydrogen) atoms. The van der Waals surface area contributed by atoms with Crippen LogP contribution in [0.4, 0.5) is 0 Å². The Bertz CT molecular complexity index is 132. The van der Waals surface area contributed by atoms with Gasteiger partial charge in [-0.25, -0.2) is 0 Å². The van der Waals surface area contributed by atoms with Crippen LogP contribution in [0.3, 0.4) is 0 Å². The first kappa shape index (κ1) is 5.02. The summed E-state index contributed by atoms with van der Waals surface area (Å²) < 4.78 is 0. The maximum atomic E-state index is 9.88. The van der Waals surface area contributed by atoms with Crippen molar-refractivity contribution < 1.29 is 4.92 Å². The molecule has 1 aliphatic rings. The molecule has 0 aliphatic carbocycles. The Balaban J connectivity index is 2.48. The largest absolute Gasteiger partial charge is 0.303 e. The van der Waals surface area contributed by atoms with E-state index in [4.69, 9.17) is 0 Å². The number of hydrazone groups is 1. The highest BCUT2D eigenvalue weighted by Gasteiger charge is 2.19. The average Bonchev–Trinajstić information content (AvgIpc) is 2.12. The van der Waals surface area contributed by atoms with Crippen LogP contribution in [-0.2, 0) is 0 Å². The van der Waals surface area contributed by atoms with E-state index in [1.807, 2.05) is 0 Å². The summed E-state index contributed by atoms with van der Waals surface area (Å²) in [5.41, 5.74) is 2.48. The van der Waals surface area contributed by atoms with E-state index < -0.39 is 6.04 Å². The molecule has 0 saturated heterocycles. The van der Waals surface area contributed by atoms with E-state index in [1.54, 1.807) is 0 Å². The molecule has 0 amide bonds. The highest BCUT2D eigenvalue weighted by molar-refractivity contribution is 5.64. The Kier molecular flexibility index (Phi) is 1.11. The maximum absolute atomic E-state index is 9.88. The van der Waals surface area contributed by atoms with Crippen molar-refractivity contribution in [3.05, 3.63) is 10.1 Å². The molecule has 5 heteroatoms. The van der Waals surface area contributed by atoms with Gasteiger partial charge in [0.2, 0.25) is 0 Å². The summed E-state index contributed by atoms with van der Waals surface area (Å²) in [5.74, 6) is 0. The predicted molar refractivity (Wildman–Crippen MR) is 27.3 cm³/mol. The molecule has 0 saturated carbocycles. The molecule has 44 valence electrons. The molecule has 1 unspecified atom stereocenters. The van der Waals surface area contributed by atoms with E-state index in [2.05, 4.69) is 10.5 Å². The van der Waals surface area contributed by atoms with Crippen molar-refractivity contribution in [1.29, 1.82) is 0 Å². The lowest BCUT2D eigenvalue weighted by atomic mass is 10.4. The van der Waals surface area contributed by atoms with Gasteiger partial charge in [-0.05, 0) is 0 Å². The molecule has 0 aromatic rings. The molecule has 0 bridgehead atoms. The molecule has 0 aromatic heterocycles. The van der Waals surface area contributed by atoms with Crippen LogP contribution in [0.1, 0.15) is 0 Å². The minimum atomic E-state index is -0.616. The van der Waals surface area contributed by atoms with E-state index in [0.717, 1.165) is 0 Å². The first-order valence-electron chi connectivity index (χ1n) is 2.20. The number of nitrogens with zero attached hydrogens (tertiary/aromatic N) is 2. The van der Waals surface area contributed by atoms with E-state index in [0.29, 0.717) is 6.54 Å². The minimum Gasteiger partial charge on any atom is -0.303 e. The molecule has 0 aromatic carbocycles. The third-order valence-corrected chi connectivity index (χ3v) is 0.909. The lowest BCUT2D eigenvalue weighted by molar-refractivity contribution is -0.498. The maximum Gasteiger partial charge on any atom is 0.268 e. The molecule has 1 heterocycles. The van der Waals surface area contributed by atoms with E-state index in [-0.39, 0.29) is 4.92 Å². The van der Waals surface area contributed by atoms with Crippen LogP contribution in [-0.4, -0.2) is 23.7 Å². The summed E-state index contributed by atoms with van der Waals surface area (Å²) in [6.45, 7) is 0.326. The Morgan fingerprint density at radius 3 is 3.00 bits per heavy atom. The summed E-state index contributed by atoms with van der Waals surface area (Å²) in [6.07, 6.45) is 1.29. The minimum absolute atomic E-state index is 0.326. The normalized spacial score (nSPS) is 25.2. The number of hydrogen-bond donors (Lipinski definition) is 1. The van der Waals surface area contributed by atoms with Gasteiger partial charge in [0.15, 0.2) is 0 Å². The zero-order chi connectivity index (χ0) is 5.98. The Morgan fingerprint density at radius 1 is 2.00 bits per heavy atom. The predicted octanol–water partition coefficient (Wildman–Crippen LogP) is -0.779. The van der Waals surface area contributed by atoms with Crippen LogP contribution in [0.25, 0.3) is 0 Å². The molecule has 1 N–H and O–H groups in total. The monoisotopic (exact) mass is 115 g/mol. The number of nitrogens with one attached hydrogen (secondary N) is 1. The van der Waals surface area contributed by atoms with Crippen molar-refractivity contribution in [2.24, 2.45) is 5.10 Å². The second-order valence-corrected chi connectivity index (χ2v) is 1.49. The second-order valence-electron chi connectivity index (χ2n) is 1.49. The van der Waals surface area contributed by atoms with Crippen molar-refractivity contribution in [1.82, 2.24) is 5.43 Å². The van der Waals surface area contributed by atoms with Crippen molar-refractivity contribution in [3.8, 4) is 0 Å². The van der Waals surface area contributed by atoms with Gasteiger partial charge in [-0.15, -0.1) is 0 Å². The average molecular weight is 115 g/mol. The number of nitro groups is 1. The van der Waals surface area contributed by atoms with Crippen LogP contribution in [0.5, 0.6) is 0 Å². The SMILES string of the molecule is O=[N+]([O-])C1C=NNC1. The summed E-state index contributed by atoms with van der Waals surface area (Å²) in [5, 5.41) is 13.3. The van der Waals surface area contributed by atoms with Gasteiger partial charge in [0.25, 0.3) is 6.04 Å². The Labute approximate surface area is 45.5 Å². The first-order chi connectivity index (χ1) is 3.80. The van der Waals surface area contributed by atoms with Gasteiger partial charge < -0.3 is 5.43 Å². The smallest absolute Gasteiger partial charge is 0.268 e.